The largest absolute Gasteiger partial charge is 0.444 e. The number of halogens is 3. The van der Waals surface area contributed by atoms with E-state index in [2.05, 4.69) is 27.1 Å². The molecule has 1 amide bonds. The molecule has 1 saturated carbocycles. The van der Waals surface area contributed by atoms with Crippen LogP contribution in [0.4, 0.5) is 23.7 Å². The maximum absolute atomic E-state index is 13.8. The van der Waals surface area contributed by atoms with Gasteiger partial charge in [-0.25, -0.2) is 9.48 Å². The molecule has 1 heterocycles. The molecular weight excluding hydrogens is 593 g/mol. The predicted octanol–water partition coefficient (Wildman–Crippen LogP) is 7.49. The lowest BCUT2D eigenvalue weighted by molar-refractivity contribution is -0.141. The van der Waals surface area contributed by atoms with Gasteiger partial charge in [0.25, 0.3) is 0 Å². The second kappa shape index (κ2) is 13.7. The summed E-state index contributed by atoms with van der Waals surface area (Å²) in [5.74, 6) is 0.637. The summed E-state index contributed by atoms with van der Waals surface area (Å²) >= 11 is 0. The molecule has 4 aromatic rings. The Morgan fingerprint density at radius 1 is 1.00 bits per heavy atom. The van der Waals surface area contributed by atoms with Crippen molar-refractivity contribution in [3.63, 3.8) is 0 Å². The quantitative estimate of drug-likeness (QED) is 0.159. The lowest BCUT2D eigenvalue weighted by Crippen LogP contribution is -2.32. The number of nitrogens with one attached hydrogen (secondary N) is 3. The van der Waals surface area contributed by atoms with Crippen molar-refractivity contribution >= 4 is 11.8 Å². The van der Waals surface area contributed by atoms with E-state index in [-0.39, 0.29) is 19.1 Å². The summed E-state index contributed by atoms with van der Waals surface area (Å²) in [5.41, 5.74) is 2.97. The minimum absolute atomic E-state index is 0.0665. The van der Waals surface area contributed by atoms with E-state index < -0.39 is 23.6 Å². The van der Waals surface area contributed by atoms with Crippen molar-refractivity contribution in [3.8, 4) is 11.8 Å². The molecule has 1 unspecified atom stereocenters. The first kappa shape index (κ1) is 32.6. The standard InChI is InChI=1S/C35H37F3N6O2/c1-34(2,3)46-33(45)42-21-25-8-5-12-29(16-25)44-30(18-31(43-44)35(36,37)38)22-40-28-11-6-10-27(17-28)32(41-20-23-13-14-23)26-9-4-7-24(15-26)19-39/h4-12,15-18,23,32,40-41H,13-14,20-22H2,1-3H3,(H,42,45). The van der Waals surface area contributed by atoms with Crippen LogP contribution < -0.4 is 16.0 Å². The second-order valence-electron chi connectivity index (χ2n) is 12.5. The number of benzene rings is 3. The third kappa shape index (κ3) is 8.88. The molecule has 3 N–H and O–H groups in total. The first-order valence-corrected chi connectivity index (χ1v) is 15.2. The monoisotopic (exact) mass is 630 g/mol. The lowest BCUT2D eigenvalue weighted by Gasteiger charge is -2.21. The molecule has 1 atom stereocenters. The molecule has 0 saturated heterocycles. The van der Waals surface area contributed by atoms with Crippen molar-refractivity contribution in [2.24, 2.45) is 5.92 Å². The number of ether oxygens (including phenoxy) is 1. The van der Waals surface area contributed by atoms with Gasteiger partial charge in [0.05, 0.1) is 35.6 Å². The Morgan fingerprint density at radius 3 is 2.41 bits per heavy atom. The minimum atomic E-state index is -4.63. The van der Waals surface area contributed by atoms with Gasteiger partial charge in [0.15, 0.2) is 5.69 Å². The van der Waals surface area contributed by atoms with Crippen molar-refractivity contribution in [1.82, 2.24) is 20.4 Å². The zero-order valence-corrected chi connectivity index (χ0v) is 26.0. The number of carbonyl (C=O) groups excluding carboxylic acids is 1. The van der Waals surface area contributed by atoms with E-state index >= 15 is 0 Å². The van der Waals surface area contributed by atoms with Gasteiger partial charge >= 0.3 is 12.3 Å². The Hall–Kier alpha value is -4.82. The summed E-state index contributed by atoms with van der Waals surface area (Å²) in [7, 11) is 0. The van der Waals surface area contributed by atoms with Crippen molar-refractivity contribution in [1.29, 1.82) is 5.26 Å². The molecule has 0 spiro atoms. The molecule has 46 heavy (non-hydrogen) atoms. The van der Waals surface area contributed by atoms with E-state index in [0.29, 0.717) is 28.4 Å². The third-order valence-corrected chi connectivity index (χ3v) is 7.41. The van der Waals surface area contributed by atoms with E-state index in [9.17, 15) is 23.2 Å². The molecule has 0 aliphatic heterocycles. The maximum Gasteiger partial charge on any atom is 0.435 e. The maximum atomic E-state index is 13.8. The zero-order chi connectivity index (χ0) is 32.9. The fraction of sp³-hybridized carbons (Fsp3) is 0.343. The number of aromatic nitrogens is 2. The Morgan fingerprint density at radius 2 is 1.72 bits per heavy atom. The van der Waals surface area contributed by atoms with Gasteiger partial charge < -0.3 is 20.7 Å². The molecule has 1 aromatic heterocycles. The van der Waals surface area contributed by atoms with Crippen molar-refractivity contribution in [2.75, 3.05) is 11.9 Å². The van der Waals surface area contributed by atoms with Crippen LogP contribution in [0.1, 0.15) is 73.3 Å². The van der Waals surface area contributed by atoms with E-state index in [1.54, 1.807) is 51.1 Å². The van der Waals surface area contributed by atoms with E-state index in [1.807, 2.05) is 42.5 Å². The number of nitrogens with zero attached hydrogens (tertiary/aromatic N) is 3. The van der Waals surface area contributed by atoms with Crippen LogP contribution in [0.5, 0.6) is 0 Å². The van der Waals surface area contributed by atoms with Crippen LogP contribution in [0.3, 0.4) is 0 Å². The summed E-state index contributed by atoms with van der Waals surface area (Å²) in [6.07, 6.45) is -2.84. The summed E-state index contributed by atoms with van der Waals surface area (Å²) < 4.78 is 47.9. The summed E-state index contributed by atoms with van der Waals surface area (Å²) in [5, 5.41) is 22.9. The predicted molar refractivity (Wildman–Crippen MR) is 169 cm³/mol. The topological polar surface area (TPSA) is 104 Å². The zero-order valence-electron chi connectivity index (χ0n) is 26.0. The Bertz CT molecular complexity index is 1720. The van der Waals surface area contributed by atoms with Gasteiger partial charge in [-0.1, -0.05) is 36.4 Å². The minimum Gasteiger partial charge on any atom is -0.444 e. The molecule has 0 bridgehead atoms. The highest BCUT2D eigenvalue weighted by atomic mass is 19.4. The van der Waals surface area contributed by atoms with Crippen molar-refractivity contribution < 1.29 is 22.7 Å². The molecule has 1 fully saturated rings. The van der Waals surface area contributed by atoms with Crippen LogP contribution in [0.2, 0.25) is 0 Å². The molecule has 11 heteroatoms. The average molecular weight is 631 g/mol. The van der Waals surface area contributed by atoms with Crippen LogP contribution in [0.15, 0.2) is 78.9 Å². The third-order valence-electron chi connectivity index (χ3n) is 7.41. The number of amides is 1. The molecule has 1 aliphatic carbocycles. The highest BCUT2D eigenvalue weighted by molar-refractivity contribution is 5.67. The highest BCUT2D eigenvalue weighted by Gasteiger charge is 2.35. The van der Waals surface area contributed by atoms with Gasteiger partial charge in [0, 0.05) is 12.2 Å². The fourth-order valence-corrected chi connectivity index (χ4v) is 5.04. The van der Waals surface area contributed by atoms with Crippen LogP contribution in [0, 0.1) is 17.2 Å². The first-order chi connectivity index (χ1) is 21.9. The number of nitriles is 1. The SMILES string of the molecule is CC(C)(C)OC(=O)NCc1cccc(-n2nc(C(F)(F)F)cc2CNc2cccc(C(NCC3CC3)c3cccc(C#N)c3)c2)c1. The Balaban J connectivity index is 1.36. The molecule has 8 nitrogen and oxygen atoms in total. The molecule has 5 rings (SSSR count). The van der Waals surface area contributed by atoms with Gasteiger partial charge in [0.1, 0.15) is 5.60 Å². The van der Waals surface area contributed by atoms with Gasteiger partial charge in [0.2, 0.25) is 0 Å². The van der Waals surface area contributed by atoms with Crippen molar-refractivity contribution in [3.05, 3.63) is 113 Å². The normalized spacial score (nSPS) is 13.9. The van der Waals surface area contributed by atoms with Crippen molar-refractivity contribution in [2.45, 2.75) is 64.5 Å². The van der Waals surface area contributed by atoms with Gasteiger partial charge in [-0.2, -0.15) is 23.5 Å². The summed E-state index contributed by atoms with van der Waals surface area (Å²) in [6, 6.07) is 25.1. The lowest BCUT2D eigenvalue weighted by atomic mass is 9.96. The Kier molecular flexibility index (Phi) is 9.68. The number of hydrogen-bond donors (Lipinski definition) is 3. The first-order valence-electron chi connectivity index (χ1n) is 15.2. The van der Waals surface area contributed by atoms with E-state index in [0.717, 1.165) is 29.4 Å². The van der Waals surface area contributed by atoms with Gasteiger partial charge in [-0.05, 0) is 105 Å². The second-order valence-corrected chi connectivity index (χ2v) is 12.5. The smallest absolute Gasteiger partial charge is 0.435 e. The average Bonchev–Trinajstić information content (AvgIpc) is 3.73. The Labute approximate surface area is 266 Å². The van der Waals surface area contributed by atoms with Crippen LogP contribution in [-0.2, 0) is 24.0 Å². The number of alkyl halides is 3. The molecule has 1 aliphatic rings. The highest BCUT2D eigenvalue weighted by Crippen LogP contribution is 2.32. The van der Waals surface area contributed by atoms with Crippen LogP contribution in [-0.4, -0.2) is 28.0 Å². The fourth-order valence-electron chi connectivity index (χ4n) is 5.04. The number of carbonyl (C=O) groups is 1. The van der Waals surface area contributed by atoms with Crippen LogP contribution in [0.25, 0.3) is 5.69 Å². The van der Waals surface area contributed by atoms with Crippen LogP contribution >= 0.6 is 0 Å². The number of hydrogen-bond acceptors (Lipinski definition) is 6. The number of anilines is 1. The summed E-state index contributed by atoms with van der Waals surface area (Å²) in [6.45, 7) is 6.32. The number of alkyl carbamates (subject to hydrolysis) is 1. The van der Waals surface area contributed by atoms with E-state index in [1.165, 1.54) is 17.5 Å². The van der Waals surface area contributed by atoms with Gasteiger partial charge in [-0.3, -0.25) is 0 Å². The molecule has 240 valence electrons. The molecule has 3 aromatic carbocycles. The molecular formula is C35H37F3N6O2. The van der Waals surface area contributed by atoms with E-state index in [4.69, 9.17) is 4.74 Å². The summed E-state index contributed by atoms with van der Waals surface area (Å²) in [4.78, 5) is 12.1. The number of rotatable bonds is 11. The van der Waals surface area contributed by atoms with Gasteiger partial charge in [-0.15, -0.1) is 0 Å². The molecule has 0 radical (unpaired) electrons.